The zero-order valence-electron chi connectivity index (χ0n) is 11.8. The fraction of sp³-hybridized carbons (Fsp3) is 0.278. The second kappa shape index (κ2) is 7.49. The van der Waals surface area contributed by atoms with Gasteiger partial charge in [-0.15, -0.1) is 0 Å². The van der Waals surface area contributed by atoms with Crippen LogP contribution in [0, 0.1) is 0 Å². The lowest BCUT2D eigenvalue weighted by Gasteiger charge is -2.07. The highest BCUT2D eigenvalue weighted by atomic mass is 16.5. The van der Waals surface area contributed by atoms with Gasteiger partial charge in [0.1, 0.15) is 11.5 Å². The zero-order valence-corrected chi connectivity index (χ0v) is 11.8. The highest BCUT2D eigenvalue weighted by Gasteiger charge is 1.99. The predicted molar refractivity (Wildman–Crippen MR) is 81.1 cm³/mol. The van der Waals surface area contributed by atoms with E-state index in [2.05, 4.69) is 12.1 Å². The van der Waals surface area contributed by atoms with E-state index in [0.29, 0.717) is 13.0 Å². The average Bonchev–Trinajstić information content (AvgIpc) is 2.47. The molecule has 20 heavy (non-hydrogen) atoms. The van der Waals surface area contributed by atoms with Gasteiger partial charge in [-0.05, 0) is 36.6 Å². The summed E-state index contributed by atoms with van der Waals surface area (Å²) >= 11 is 0. The maximum absolute atomic E-state index is 10.9. The Morgan fingerprint density at radius 2 is 1.55 bits per heavy atom. The van der Waals surface area contributed by atoms with E-state index < -0.39 is 0 Å². The van der Waals surface area contributed by atoms with Crippen LogP contribution in [0.15, 0.2) is 54.6 Å². The van der Waals surface area contributed by atoms with E-state index in [0.717, 1.165) is 18.6 Å². The Morgan fingerprint density at radius 1 is 0.900 bits per heavy atom. The normalized spacial score (nSPS) is 10.2. The first kappa shape index (κ1) is 14.3. The number of Topliss-reactive ketones (excluding diaryl/α,β-unsaturated/α-hetero) is 1. The molecule has 0 aliphatic rings. The van der Waals surface area contributed by atoms with Gasteiger partial charge in [0.15, 0.2) is 0 Å². The van der Waals surface area contributed by atoms with Crippen molar-refractivity contribution in [2.45, 2.75) is 26.2 Å². The molecule has 0 saturated carbocycles. The van der Waals surface area contributed by atoms with Crippen LogP contribution >= 0.6 is 0 Å². The molecule has 0 radical (unpaired) electrons. The Morgan fingerprint density at radius 3 is 2.20 bits per heavy atom. The molecule has 2 aromatic rings. The Balaban J connectivity index is 1.77. The van der Waals surface area contributed by atoms with Gasteiger partial charge in [0.05, 0.1) is 6.61 Å². The molecular weight excluding hydrogens is 248 g/mol. The summed E-state index contributed by atoms with van der Waals surface area (Å²) < 4.78 is 5.72. The Kier molecular flexibility index (Phi) is 5.36. The summed E-state index contributed by atoms with van der Waals surface area (Å²) in [5.74, 6) is 1.11. The first-order chi connectivity index (χ1) is 9.74. The topological polar surface area (TPSA) is 26.3 Å². The molecule has 0 bridgehead atoms. The maximum atomic E-state index is 10.9. The Bertz CT molecular complexity index is 529. The number of rotatable bonds is 7. The molecule has 2 heteroatoms. The van der Waals surface area contributed by atoms with Crippen molar-refractivity contribution in [3.8, 4) is 5.75 Å². The number of hydrogen-bond acceptors (Lipinski definition) is 2. The van der Waals surface area contributed by atoms with Crippen molar-refractivity contribution in [1.29, 1.82) is 0 Å². The van der Waals surface area contributed by atoms with Crippen LogP contribution in [0.25, 0.3) is 0 Å². The number of carbonyl (C=O) groups excluding carboxylic acids is 1. The summed E-state index contributed by atoms with van der Waals surface area (Å²) in [5, 5.41) is 0. The fourth-order valence-electron chi connectivity index (χ4n) is 2.00. The number of hydrogen-bond donors (Lipinski definition) is 0. The van der Waals surface area contributed by atoms with Crippen molar-refractivity contribution < 1.29 is 9.53 Å². The lowest BCUT2D eigenvalue weighted by molar-refractivity contribution is -0.116. The highest BCUT2D eigenvalue weighted by Crippen LogP contribution is 2.14. The van der Waals surface area contributed by atoms with Crippen molar-refractivity contribution in [3.63, 3.8) is 0 Å². The Hall–Kier alpha value is -2.09. The number of ether oxygens (including phenoxy) is 1. The molecule has 0 saturated heterocycles. The Labute approximate surface area is 120 Å². The molecule has 0 N–H and O–H groups in total. The summed E-state index contributed by atoms with van der Waals surface area (Å²) in [6, 6.07) is 18.3. The van der Waals surface area contributed by atoms with E-state index >= 15 is 0 Å². The number of benzene rings is 2. The van der Waals surface area contributed by atoms with Gasteiger partial charge in [-0.25, -0.2) is 0 Å². The second-order valence-electron chi connectivity index (χ2n) is 4.93. The molecule has 0 spiro atoms. The molecule has 0 amide bonds. The summed E-state index contributed by atoms with van der Waals surface area (Å²) in [7, 11) is 0. The first-order valence-corrected chi connectivity index (χ1v) is 6.99. The molecule has 2 rings (SSSR count). The van der Waals surface area contributed by atoms with Gasteiger partial charge >= 0.3 is 0 Å². The molecule has 104 valence electrons. The van der Waals surface area contributed by atoms with Gasteiger partial charge in [0.2, 0.25) is 0 Å². The standard InChI is InChI=1S/C18H20O2/c1-15(19)7-8-17-9-11-18(12-10-17)20-14-13-16-5-3-2-4-6-16/h2-6,9-12H,7-8,13-14H2,1H3. The van der Waals surface area contributed by atoms with Gasteiger partial charge in [0.25, 0.3) is 0 Å². The van der Waals surface area contributed by atoms with Crippen LogP contribution in [-0.2, 0) is 17.6 Å². The molecule has 0 heterocycles. The van der Waals surface area contributed by atoms with Crippen LogP contribution in [0.1, 0.15) is 24.5 Å². The van der Waals surface area contributed by atoms with E-state index in [9.17, 15) is 4.79 Å². The van der Waals surface area contributed by atoms with Crippen molar-refractivity contribution in [2.75, 3.05) is 6.61 Å². The molecule has 0 aliphatic heterocycles. The summed E-state index contributed by atoms with van der Waals surface area (Å²) in [6.07, 6.45) is 2.32. The van der Waals surface area contributed by atoms with E-state index in [1.807, 2.05) is 42.5 Å². The number of aryl methyl sites for hydroxylation is 1. The molecule has 0 aromatic heterocycles. The van der Waals surface area contributed by atoms with Crippen LogP contribution in [0.5, 0.6) is 5.75 Å². The SMILES string of the molecule is CC(=O)CCc1ccc(OCCc2ccccc2)cc1. The molecular formula is C18H20O2. The minimum absolute atomic E-state index is 0.230. The van der Waals surface area contributed by atoms with Crippen LogP contribution in [0.3, 0.4) is 0 Å². The third-order valence-corrected chi connectivity index (χ3v) is 3.19. The van der Waals surface area contributed by atoms with Crippen molar-refractivity contribution in [2.24, 2.45) is 0 Å². The van der Waals surface area contributed by atoms with E-state index in [-0.39, 0.29) is 5.78 Å². The highest BCUT2D eigenvalue weighted by molar-refractivity contribution is 5.75. The molecule has 0 aliphatic carbocycles. The van der Waals surface area contributed by atoms with Crippen LogP contribution < -0.4 is 4.74 Å². The van der Waals surface area contributed by atoms with Gasteiger partial charge < -0.3 is 9.53 Å². The summed E-state index contributed by atoms with van der Waals surface area (Å²) in [4.78, 5) is 10.9. The third-order valence-electron chi connectivity index (χ3n) is 3.19. The quantitative estimate of drug-likeness (QED) is 0.763. The monoisotopic (exact) mass is 268 g/mol. The van der Waals surface area contributed by atoms with E-state index in [4.69, 9.17) is 4.74 Å². The number of carbonyl (C=O) groups is 1. The van der Waals surface area contributed by atoms with Crippen LogP contribution in [0.4, 0.5) is 0 Å². The largest absolute Gasteiger partial charge is 0.493 e. The van der Waals surface area contributed by atoms with Gasteiger partial charge in [0, 0.05) is 12.8 Å². The molecule has 2 aromatic carbocycles. The molecule has 0 fully saturated rings. The zero-order chi connectivity index (χ0) is 14.2. The lowest BCUT2D eigenvalue weighted by Crippen LogP contribution is -2.01. The summed E-state index contributed by atoms with van der Waals surface area (Å²) in [6.45, 7) is 2.30. The lowest BCUT2D eigenvalue weighted by atomic mass is 10.1. The first-order valence-electron chi connectivity index (χ1n) is 6.99. The predicted octanol–water partition coefficient (Wildman–Crippen LogP) is 3.83. The van der Waals surface area contributed by atoms with E-state index in [1.54, 1.807) is 6.92 Å². The minimum atomic E-state index is 0.230. The van der Waals surface area contributed by atoms with Crippen molar-refractivity contribution in [3.05, 3.63) is 65.7 Å². The maximum Gasteiger partial charge on any atom is 0.130 e. The summed E-state index contributed by atoms with van der Waals surface area (Å²) in [5.41, 5.74) is 2.46. The minimum Gasteiger partial charge on any atom is -0.493 e. The average molecular weight is 268 g/mol. The fourth-order valence-corrected chi connectivity index (χ4v) is 2.00. The number of ketones is 1. The van der Waals surface area contributed by atoms with Crippen LogP contribution in [0.2, 0.25) is 0 Å². The van der Waals surface area contributed by atoms with Gasteiger partial charge in [-0.2, -0.15) is 0 Å². The van der Waals surface area contributed by atoms with Crippen LogP contribution in [-0.4, -0.2) is 12.4 Å². The van der Waals surface area contributed by atoms with Gasteiger partial charge in [-0.3, -0.25) is 0 Å². The van der Waals surface area contributed by atoms with Crippen molar-refractivity contribution >= 4 is 5.78 Å². The second-order valence-corrected chi connectivity index (χ2v) is 4.93. The van der Waals surface area contributed by atoms with Crippen molar-refractivity contribution in [1.82, 2.24) is 0 Å². The molecule has 0 unspecified atom stereocenters. The van der Waals surface area contributed by atoms with E-state index in [1.165, 1.54) is 11.1 Å². The molecule has 2 nitrogen and oxygen atoms in total. The third kappa shape index (κ3) is 4.88. The van der Waals surface area contributed by atoms with Gasteiger partial charge in [-0.1, -0.05) is 42.5 Å². The smallest absolute Gasteiger partial charge is 0.130 e. The molecule has 0 atom stereocenters.